The van der Waals surface area contributed by atoms with Gasteiger partial charge >= 0.3 is 8.80 Å². The maximum atomic E-state index is 12.5. The van der Waals surface area contributed by atoms with E-state index in [-0.39, 0.29) is 5.91 Å². The van der Waals surface area contributed by atoms with Crippen molar-refractivity contribution in [2.24, 2.45) is 0 Å². The molecule has 1 amide bonds. The van der Waals surface area contributed by atoms with Crippen LogP contribution in [0.1, 0.15) is 13.3 Å². The Labute approximate surface area is 225 Å². The monoisotopic (exact) mass is 609 g/mol. The predicted octanol–water partition coefficient (Wildman–Crippen LogP) is 7.26. The van der Waals surface area contributed by atoms with E-state index in [9.17, 15) is 4.79 Å². The Balaban J connectivity index is 6.64. The van der Waals surface area contributed by atoms with E-state index in [1.807, 2.05) is 7.05 Å². The van der Waals surface area contributed by atoms with E-state index in [1.54, 1.807) is 11.8 Å². The Morgan fingerprint density at radius 2 is 0.943 bits per heavy atom. The van der Waals surface area contributed by atoms with Gasteiger partial charge in [0.2, 0.25) is 5.91 Å². The predicted molar refractivity (Wildman–Crippen MR) is 173 cm³/mol. The summed E-state index contributed by atoms with van der Waals surface area (Å²) in [6, 6.07) is 0.781. The third-order valence-electron chi connectivity index (χ3n) is 8.34. The van der Waals surface area contributed by atoms with Crippen molar-refractivity contribution in [1.82, 2.24) is 4.90 Å². The van der Waals surface area contributed by atoms with Gasteiger partial charge in [0.1, 0.15) is 0 Å². The molecular formula is C23H59NO4Si7. The molecule has 12 heteroatoms. The maximum Gasteiger partial charge on any atom is 0.469 e. The quantitative estimate of drug-likeness (QED) is 0.154. The van der Waals surface area contributed by atoms with Gasteiger partial charge in [0.05, 0.1) is 22.8 Å². The fourth-order valence-electron chi connectivity index (χ4n) is 2.80. The minimum atomic E-state index is -3.03. The van der Waals surface area contributed by atoms with Crippen molar-refractivity contribution in [1.29, 1.82) is 0 Å². The number of likely N-dealkylation sites (N-methyl/N-ethyl adjacent to an activating group) is 1. The second-order valence-electron chi connectivity index (χ2n) is 14.9. The molecule has 0 heterocycles. The van der Waals surface area contributed by atoms with Crippen molar-refractivity contribution in [3.63, 3.8) is 0 Å². The summed E-state index contributed by atoms with van der Waals surface area (Å²) in [5.41, 5.74) is 0.576. The molecule has 0 radical (unpaired) electrons. The number of rotatable bonds is 14. The van der Waals surface area contributed by atoms with Crippen molar-refractivity contribution >= 4 is 61.0 Å². The van der Waals surface area contributed by atoms with Gasteiger partial charge in [0.25, 0.3) is 0 Å². The molecule has 0 aliphatic carbocycles. The standard InChI is InChI=1S/C23H59NO4Si7/c1-22(2)23(25)24(3)20-19-21-35(26-32(13,14)29(4,5)6,27-33(15,16)30(7,8)9)28-34(17,18)31(10,11)12/h1,19-21H2,2-18H3. The lowest BCUT2D eigenvalue weighted by Gasteiger charge is -2.51. The second-order valence-corrected chi connectivity index (χ2v) is 66.1. The summed E-state index contributed by atoms with van der Waals surface area (Å²) >= 11 is 0. The van der Waals surface area contributed by atoms with E-state index < -0.39 is 55.1 Å². The Morgan fingerprint density at radius 1 is 0.657 bits per heavy atom. The molecule has 0 aromatic heterocycles. The zero-order chi connectivity index (χ0) is 28.5. The summed E-state index contributed by atoms with van der Waals surface area (Å²) in [4.78, 5) is 14.2. The molecule has 5 nitrogen and oxygen atoms in total. The lowest BCUT2D eigenvalue weighted by atomic mass is 10.3. The van der Waals surface area contributed by atoms with Crippen LogP contribution in [0.5, 0.6) is 0 Å². The maximum absolute atomic E-state index is 12.5. The minimum absolute atomic E-state index is 0.00503. The molecule has 0 aromatic carbocycles. The smallest absolute Gasteiger partial charge is 0.419 e. The highest BCUT2D eigenvalue weighted by atomic mass is 29.3. The van der Waals surface area contributed by atoms with Gasteiger partial charge < -0.3 is 17.2 Å². The van der Waals surface area contributed by atoms with Crippen LogP contribution in [0, 0.1) is 0 Å². The van der Waals surface area contributed by atoms with Crippen molar-refractivity contribution in [2.45, 2.75) is 118 Å². The molecule has 0 aromatic rings. The van der Waals surface area contributed by atoms with Crippen LogP contribution in [0.4, 0.5) is 0 Å². The molecule has 0 aliphatic heterocycles. The number of carbonyl (C=O) groups excluding carboxylic acids is 1. The molecule has 0 saturated carbocycles. The van der Waals surface area contributed by atoms with Gasteiger partial charge in [-0.2, -0.15) is 0 Å². The van der Waals surface area contributed by atoms with E-state index in [0.29, 0.717) is 12.1 Å². The molecule has 0 atom stereocenters. The van der Waals surface area contributed by atoms with Crippen LogP contribution in [0.15, 0.2) is 12.2 Å². The Hall–Kier alpha value is 0.608. The third-order valence-corrected chi connectivity index (χ3v) is 65.3. The van der Waals surface area contributed by atoms with Crippen LogP contribution in [-0.4, -0.2) is 79.5 Å². The van der Waals surface area contributed by atoms with E-state index in [1.165, 1.54) is 0 Å². The van der Waals surface area contributed by atoms with Crippen molar-refractivity contribution < 1.29 is 17.1 Å². The zero-order valence-electron chi connectivity index (χ0n) is 26.4. The Kier molecular flexibility index (Phi) is 12.0. The fourth-order valence-corrected chi connectivity index (χ4v) is 31.7. The largest absolute Gasteiger partial charge is 0.469 e. The molecule has 0 rings (SSSR count). The number of carbonyl (C=O) groups is 1. The highest BCUT2D eigenvalue weighted by molar-refractivity contribution is 7.42. The highest BCUT2D eigenvalue weighted by Gasteiger charge is 2.58. The Bertz CT molecular complexity index is 681. The first kappa shape index (κ1) is 35.6. The number of hydrogen-bond donors (Lipinski definition) is 0. The van der Waals surface area contributed by atoms with Crippen molar-refractivity contribution in [3.8, 4) is 0 Å². The van der Waals surface area contributed by atoms with Crippen molar-refractivity contribution in [3.05, 3.63) is 12.2 Å². The van der Waals surface area contributed by atoms with E-state index >= 15 is 0 Å². The molecule has 0 fully saturated rings. The first-order valence-electron chi connectivity index (χ1n) is 13.1. The summed E-state index contributed by atoms with van der Waals surface area (Å²) in [6.45, 7) is 42.5. The van der Waals surface area contributed by atoms with Gasteiger partial charge in [-0.3, -0.25) is 4.79 Å². The van der Waals surface area contributed by atoms with Crippen LogP contribution in [0.2, 0.25) is 104 Å². The highest BCUT2D eigenvalue weighted by Crippen LogP contribution is 2.37. The average molecular weight is 610 g/mol. The minimum Gasteiger partial charge on any atom is -0.419 e. The van der Waals surface area contributed by atoms with Gasteiger partial charge in [-0.25, -0.2) is 0 Å². The molecule has 0 N–H and O–H groups in total. The molecule has 0 aliphatic rings. The third kappa shape index (κ3) is 10.0. The SMILES string of the molecule is C=C(C)C(=O)N(C)CCC[Si](O[Si](C)(C)[Si](C)(C)C)(O[Si](C)(C)[Si](C)(C)C)O[Si](C)(C)[Si](C)(C)C. The summed E-state index contributed by atoms with van der Waals surface area (Å²) in [5.74, 6) is 0.00503. The zero-order valence-corrected chi connectivity index (χ0v) is 33.4. The van der Waals surface area contributed by atoms with Gasteiger partial charge in [0.15, 0.2) is 23.5 Å². The summed E-state index contributed by atoms with van der Waals surface area (Å²) in [5, 5.41) is 0. The second kappa shape index (κ2) is 11.8. The van der Waals surface area contributed by atoms with Crippen LogP contribution in [0.25, 0.3) is 0 Å². The number of hydrogen-bond acceptors (Lipinski definition) is 4. The Morgan fingerprint density at radius 3 is 1.17 bits per heavy atom. The summed E-state index contributed by atoms with van der Waals surface area (Å²) in [7, 11) is -12.0. The van der Waals surface area contributed by atoms with E-state index in [4.69, 9.17) is 12.3 Å². The van der Waals surface area contributed by atoms with Gasteiger partial charge in [-0.15, -0.1) is 0 Å². The topological polar surface area (TPSA) is 48.0 Å². The molecule has 0 bridgehead atoms. The number of nitrogens with zero attached hydrogens (tertiary/aromatic N) is 1. The van der Waals surface area contributed by atoms with E-state index in [2.05, 4.69) is 105 Å². The van der Waals surface area contributed by atoms with Gasteiger partial charge in [-0.1, -0.05) is 65.5 Å². The van der Waals surface area contributed by atoms with Crippen molar-refractivity contribution in [2.75, 3.05) is 13.6 Å². The van der Waals surface area contributed by atoms with Crippen LogP contribution in [0.3, 0.4) is 0 Å². The van der Waals surface area contributed by atoms with Gasteiger partial charge in [-0.05, 0) is 52.6 Å². The van der Waals surface area contributed by atoms with Crippen LogP contribution in [-0.2, 0) is 17.1 Å². The first-order valence-corrected chi connectivity index (χ1v) is 37.3. The molecular weight excluding hydrogens is 551 g/mol. The molecule has 0 saturated heterocycles. The normalized spacial score (nSPS) is 14.8. The molecule has 208 valence electrons. The fraction of sp³-hybridized carbons (Fsp3) is 0.870. The molecule has 0 unspecified atom stereocenters. The van der Waals surface area contributed by atoms with Crippen LogP contribution >= 0.6 is 0 Å². The average Bonchev–Trinajstić information content (AvgIpc) is 2.56. The summed E-state index contributed by atoms with van der Waals surface area (Å²) < 4.78 is 22.3. The first-order chi connectivity index (χ1) is 15.1. The lowest BCUT2D eigenvalue weighted by molar-refractivity contribution is -0.125. The lowest BCUT2D eigenvalue weighted by Crippen LogP contribution is -2.72. The molecule has 0 spiro atoms. The van der Waals surface area contributed by atoms with Gasteiger partial charge in [0, 0.05) is 25.2 Å². The number of amides is 1. The summed E-state index contributed by atoms with van der Waals surface area (Å²) in [6.07, 6.45) is 0.824. The molecule has 35 heavy (non-hydrogen) atoms. The van der Waals surface area contributed by atoms with Crippen LogP contribution < -0.4 is 0 Å². The van der Waals surface area contributed by atoms with E-state index in [0.717, 1.165) is 12.5 Å².